The molecule has 0 aliphatic carbocycles. The summed E-state index contributed by atoms with van der Waals surface area (Å²) in [5.74, 6) is -2.18. The fourth-order valence-corrected chi connectivity index (χ4v) is 3.73. The molecule has 1 aromatic carbocycles. The van der Waals surface area contributed by atoms with Crippen LogP contribution in [0.3, 0.4) is 0 Å². The van der Waals surface area contributed by atoms with Crippen molar-refractivity contribution in [2.75, 3.05) is 5.32 Å². The van der Waals surface area contributed by atoms with E-state index in [9.17, 15) is 9.18 Å². The van der Waals surface area contributed by atoms with Crippen molar-refractivity contribution in [1.82, 2.24) is 4.98 Å². The van der Waals surface area contributed by atoms with Crippen molar-refractivity contribution in [3.8, 4) is 0 Å². The number of hydrogen-bond donors (Lipinski definition) is 2. The molecule has 106 valence electrons. The number of aromatic nitrogens is 1. The highest BCUT2D eigenvalue weighted by Crippen LogP contribution is 2.34. The Hall–Kier alpha value is -0.700. The quantitative estimate of drug-likeness (QED) is 0.667. The molecule has 1 aromatic heterocycles. The molecule has 0 saturated carbocycles. The average molecular weight is 445 g/mol. The lowest BCUT2D eigenvalue weighted by atomic mass is 10.1. The summed E-state index contributed by atoms with van der Waals surface area (Å²) in [4.78, 5) is 15.9. The molecular weight excluding hydrogens is 438 g/mol. The Kier molecular flexibility index (Phi) is 5.00. The molecule has 0 bridgehead atoms. The van der Waals surface area contributed by atoms with Gasteiger partial charge in [0.25, 0.3) is 0 Å². The molecule has 2 N–H and O–H groups in total. The van der Waals surface area contributed by atoms with Gasteiger partial charge in [0.1, 0.15) is 5.56 Å². The van der Waals surface area contributed by atoms with Crippen LogP contribution in [-0.2, 0) is 6.54 Å². The summed E-state index contributed by atoms with van der Waals surface area (Å²) >= 11 is 13.2. The van der Waals surface area contributed by atoms with E-state index in [0.29, 0.717) is 15.5 Å². The lowest BCUT2D eigenvalue weighted by Crippen LogP contribution is -2.09. The molecule has 4 nitrogen and oxygen atoms in total. The molecule has 2 rings (SSSR count). The topological polar surface area (TPSA) is 62.2 Å². The molecule has 0 atom stereocenters. The molecular formula is C11H6Br2ClFN2O2S. The maximum atomic E-state index is 13.9. The van der Waals surface area contributed by atoms with Crippen LogP contribution in [-0.4, -0.2) is 16.1 Å². The first-order valence-electron chi connectivity index (χ1n) is 5.15. The molecule has 0 amide bonds. The first-order valence-corrected chi connectivity index (χ1v) is 7.93. The normalized spacial score (nSPS) is 10.6. The van der Waals surface area contributed by atoms with Gasteiger partial charge in [-0.05, 0) is 37.9 Å². The van der Waals surface area contributed by atoms with Crippen LogP contribution in [0.2, 0.25) is 4.47 Å². The number of benzene rings is 1. The van der Waals surface area contributed by atoms with E-state index < -0.39 is 17.3 Å². The fourth-order valence-electron chi connectivity index (χ4n) is 1.51. The Morgan fingerprint density at radius 1 is 1.50 bits per heavy atom. The van der Waals surface area contributed by atoms with E-state index in [-0.39, 0.29) is 10.2 Å². The van der Waals surface area contributed by atoms with E-state index >= 15 is 0 Å². The van der Waals surface area contributed by atoms with Crippen molar-refractivity contribution in [3.05, 3.63) is 41.9 Å². The number of hydrogen-bond acceptors (Lipinski definition) is 4. The Balaban J connectivity index is 2.35. The van der Waals surface area contributed by atoms with Crippen LogP contribution < -0.4 is 5.32 Å². The van der Waals surface area contributed by atoms with E-state index in [1.165, 1.54) is 17.4 Å². The minimum Gasteiger partial charge on any atom is -0.478 e. The molecule has 20 heavy (non-hydrogen) atoms. The van der Waals surface area contributed by atoms with Gasteiger partial charge < -0.3 is 10.4 Å². The minimum atomic E-state index is -1.35. The monoisotopic (exact) mass is 442 g/mol. The second-order valence-corrected chi connectivity index (χ2v) is 7.05. The molecule has 0 aliphatic rings. The third kappa shape index (κ3) is 3.30. The number of halogens is 4. The van der Waals surface area contributed by atoms with Crippen molar-refractivity contribution in [2.45, 2.75) is 6.54 Å². The summed E-state index contributed by atoms with van der Waals surface area (Å²) in [5.41, 5.74) is -0.260. The molecule has 0 radical (unpaired) electrons. The SMILES string of the molecule is O=C(O)c1c(F)c(Br)cc(Br)c1NCc1cnc(Cl)s1. The van der Waals surface area contributed by atoms with Gasteiger partial charge in [-0.2, -0.15) is 0 Å². The van der Waals surface area contributed by atoms with Gasteiger partial charge in [-0.3, -0.25) is 0 Å². The van der Waals surface area contributed by atoms with Crippen LogP contribution in [0.4, 0.5) is 10.1 Å². The maximum absolute atomic E-state index is 13.9. The second-order valence-electron chi connectivity index (χ2n) is 3.64. The zero-order valence-corrected chi connectivity index (χ0v) is 14.3. The zero-order chi connectivity index (χ0) is 14.9. The van der Waals surface area contributed by atoms with Crippen LogP contribution in [0.1, 0.15) is 15.2 Å². The summed E-state index contributed by atoms with van der Waals surface area (Å²) in [5, 5.41) is 12.0. The molecule has 9 heteroatoms. The summed E-state index contributed by atoms with van der Waals surface area (Å²) in [6.45, 7) is 0.296. The number of nitrogens with one attached hydrogen (secondary N) is 1. The highest BCUT2D eigenvalue weighted by atomic mass is 79.9. The van der Waals surface area contributed by atoms with Crippen molar-refractivity contribution < 1.29 is 14.3 Å². The zero-order valence-electron chi connectivity index (χ0n) is 9.58. The highest BCUT2D eigenvalue weighted by molar-refractivity contribution is 9.11. The summed E-state index contributed by atoms with van der Waals surface area (Å²) in [6.07, 6.45) is 1.57. The van der Waals surface area contributed by atoms with Crippen molar-refractivity contribution in [1.29, 1.82) is 0 Å². The number of carboxylic acids is 1. The Bertz CT molecular complexity index is 681. The van der Waals surface area contributed by atoms with E-state index in [2.05, 4.69) is 42.2 Å². The van der Waals surface area contributed by atoms with Crippen LogP contribution in [0.5, 0.6) is 0 Å². The van der Waals surface area contributed by atoms with Gasteiger partial charge >= 0.3 is 5.97 Å². The number of aromatic carboxylic acids is 1. The van der Waals surface area contributed by atoms with Gasteiger partial charge in [-0.25, -0.2) is 14.2 Å². The number of rotatable bonds is 4. The maximum Gasteiger partial charge on any atom is 0.340 e. The van der Waals surface area contributed by atoms with Crippen molar-refractivity contribution in [3.63, 3.8) is 0 Å². The molecule has 0 saturated heterocycles. The van der Waals surface area contributed by atoms with E-state index in [0.717, 1.165) is 4.88 Å². The minimum absolute atomic E-state index is 0.0770. The molecule has 0 fully saturated rings. The predicted octanol–water partition coefficient (Wildman–Crippen LogP) is 4.77. The van der Waals surface area contributed by atoms with E-state index in [4.69, 9.17) is 16.7 Å². The van der Waals surface area contributed by atoms with Gasteiger partial charge in [0, 0.05) is 15.5 Å². The first kappa shape index (κ1) is 15.7. The second kappa shape index (κ2) is 6.38. The lowest BCUT2D eigenvalue weighted by Gasteiger charge is -2.12. The van der Waals surface area contributed by atoms with Crippen LogP contribution in [0.15, 0.2) is 21.2 Å². The molecule has 1 heterocycles. The standard InChI is InChI=1S/C11H6Br2ClFN2O2S/c12-5-1-6(13)9(7(8(5)15)10(18)19)16-2-4-3-17-11(14)20-4/h1,3,16H,2H2,(H,18,19). The van der Waals surface area contributed by atoms with Crippen LogP contribution >= 0.6 is 54.8 Å². The van der Waals surface area contributed by atoms with Crippen LogP contribution in [0.25, 0.3) is 0 Å². The molecule has 0 spiro atoms. The van der Waals surface area contributed by atoms with E-state index in [1.807, 2.05) is 0 Å². The first-order chi connectivity index (χ1) is 9.40. The number of carbonyl (C=O) groups is 1. The molecule has 2 aromatic rings. The largest absolute Gasteiger partial charge is 0.478 e. The van der Waals surface area contributed by atoms with Gasteiger partial charge in [0.05, 0.1) is 16.7 Å². The lowest BCUT2D eigenvalue weighted by molar-refractivity contribution is 0.0692. The smallest absolute Gasteiger partial charge is 0.340 e. The van der Waals surface area contributed by atoms with Crippen molar-refractivity contribution >= 4 is 66.5 Å². The van der Waals surface area contributed by atoms with Gasteiger partial charge in [-0.15, -0.1) is 11.3 Å². The summed E-state index contributed by atoms with van der Waals surface area (Å²) in [7, 11) is 0. The predicted molar refractivity (Wildman–Crippen MR) is 83.2 cm³/mol. The average Bonchev–Trinajstić information content (AvgIpc) is 2.77. The number of nitrogens with zero attached hydrogens (tertiary/aromatic N) is 1. The van der Waals surface area contributed by atoms with E-state index in [1.54, 1.807) is 6.20 Å². The number of thiazole rings is 1. The fraction of sp³-hybridized carbons (Fsp3) is 0.0909. The Morgan fingerprint density at radius 2 is 2.20 bits per heavy atom. The van der Waals surface area contributed by atoms with Crippen LogP contribution in [0, 0.1) is 5.82 Å². The van der Waals surface area contributed by atoms with Gasteiger partial charge in [-0.1, -0.05) is 11.6 Å². The molecule has 0 aliphatic heterocycles. The number of anilines is 1. The van der Waals surface area contributed by atoms with Gasteiger partial charge in [0.15, 0.2) is 10.3 Å². The Morgan fingerprint density at radius 3 is 2.75 bits per heavy atom. The Labute approximate surface area is 139 Å². The van der Waals surface area contributed by atoms with Gasteiger partial charge in [0.2, 0.25) is 0 Å². The summed E-state index contributed by atoms with van der Waals surface area (Å²) in [6, 6.07) is 1.45. The van der Waals surface area contributed by atoms with Crippen molar-refractivity contribution in [2.24, 2.45) is 0 Å². The number of carboxylic acid groups (broad SMARTS) is 1. The third-order valence-corrected chi connectivity index (χ3v) is 4.67. The molecule has 0 unspecified atom stereocenters. The highest BCUT2D eigenvalue weighted by Gasteiger charge is 2.21. The third-order valence-electron chi connectivity index (χ3n) is 2.35. The summed E-state index contributed by atoms with van der Waals surface area (Å²) < 4.78 is 14.8.